The van der Waals surface area contributed by atoms with Gasteiger partial charge in [0.15, 0.2) is 11.5 Å². The molecule has 0 aliphatic carbocycles. The molecular formula is C20H22N4O4. The van der Waals surface area contributed by atoms with E-state index in [4.69, 9.17) is 9.47 Å². The predicted molar refractivity (Wildman–Crippen MR) is 102 cm³/mol. The molecule has 4 rings (SSSR count). The van der Waals surface area contributed by atoms with Crippen LogP contribution in [0.3, 0.4) is 0 Å². The summed E-state index contributed by atoms with van der Waals surface area (Å²) in [5, 5.41) is 2.89. The smallest absolute Gasteiger partial charge is 0.253 e. The summed E-state index contributed by atoms with van der Waals surface area (Å²) in [5.41, 5.74) is 1.44. The minimum absolute atomic E-state index is 0.0992. The number of rotatable bonds is 4. The van der Waals surface area contributed by atoms with Gasteiger partial charge >= 0.3 is 0 Å². The van der Waals surface area contributed by atoms with Crippen LogP contribution in [0.25, 0.3) is 0 Å². The molecule has 1 saturated heterocycles. The summed E-state index contributed by atoms with van der Waals surface area (Å²) in [6, 6.07) is 9.22. The Bertz CT molecular complexity index is 876. The highest BCUT2D eigenvalue weighted by molar-refractivity contribution is 5.94. The third-order valence-corrected chi connectivity index (χ3v) is 4.95. The molecule has 2 aliphatic heterocycles. The molecule has 0 bridgehead atoms. The molecule has 0 spiro atoms. The van der Waals surface area contributed by atoms with Crippen molar-refractivity contribution in [2.45, 2.75) is 13.5 Å². The highest BCUT2D eigenvalue weighted by Gasteiger charge is 2.20. The minimum atomic E-state index is -0.182. The number of pyridine rings is 1. The highest BCUT2D eigenvalue weighted by Crippen LogP contribution is 2.32. The fraction of sp³-hybridized carbons (Fsp3) is 0.350. The summed E-state index contributed by atoms with van der Waals surface area (Å²) in [5.74, 6) is 2.15. The SMILES string of the molecule is CC(=O)N1CCN(c2ccc(C(=O)NCc3ccc4c(c3)OCO4)cn2)CC1. The van der Waals surface area contributed by atoms with E-state index < -0.39 is 0 Å². The van der Waals surface area contributed by atoms with E-state index in [0.29, 0.717) is 30.9 Å². The van der Waals surface area contributed by atoms with Crippen molar-refractivity contribution in [3.8, 4) is 11.5 Å². The largest absolute Gasteiger partial charge is 0.454 e. The molecule has 0 unspecified atom stereocenters. The molecule has 0 radical (unpaired) electrons. The Balaban J connectivity index is 1.32. The third-order valence-electron chi connectivity index (χ3n) is 4.95. The van der Waals surface area contributed by atoms with Gasteiger partial charge in [-0.1, -0.05) is 6.07 Å². The zero-order valence-corrected chi connectivity index (χ0v) is 15.7. The van der Waals surface area contributed by atoms with E-state index in [1.807, 2.05) is 29.2 Å². The minimum Gasteiger partial charge on any atom is -0.454 e. The lowest BCUT2D eigenvalue weighted by molar-refractivity contribution is -0.129. The van der Waals surface area contributed by atoms with E-state index >= 15 is 0 Å². The maximum absolute atomic E-state index is 12.4. The van der Waals surface area contributed by atoms with Gasteiger partial charge in [0.1, 0.15) is 5.82 Å². The number of nitrogens with zero attached hydrogens (tertiary/aromatic N) is 3. The number of carbonyl (C=O) groups is 2. The molecule has 2 aromatic rings. The fourth-order valence-corrected chi connectivity index (χ4v) is 3.29. The topological polar surface area (TPSA) is 84.0 Å². The molecule has 1 aromatic carbocycles. The number of amides is 2. The normalized spacial score (nSPS) is 15.5. The zero-order chi connectivity index (χ0) is 19.5. The number of anilines is 1. The number of benzene rings is 1. The van der Waals surface area contributed by atoms with Gasteiger partial charge in [-0.3, -0.25) is 9.59 Å². The van der Waals surface area contributed by atoms with Crippen LogP contribution in [0.15, 0.2) is 36.5 Å². The molecule has 1 aromatic heterocycles. The summed E-state index contributed by atoms with van der Waals surface area (Å²) >= 11 is 0. The lowest BCUT2D eigenvalue weighted by Gasteiger charge is -2.34. The van der Waals surface area contributed by atoms with Crippen LogP contribution in [0.5, 0.6) is 11.5 Å². The van der Waals surface area contributed by atoms with Crippen molar-refractivity contribution in [2.24, 2.45) is 0 Å². The Hall–Kier alpha value is -3.29. The molecule has 1 N–H and O–H groups in total. The van der Waals surface area contributed by atoms with E-state index in [9.17, 15) is 9.59 Å². The van der Waals surface area contributed by atoms with Crippen LogP contribution < -0.4 is 19.7 Å². The molecule has 2 aliphatic rings. The lowest BCUT2D eigenvalue weighted by atomic mass is 10.2. The Morgan fingerprint density at radius 3 is 2.57 bits per heavy atom. The highest BCUT2D eigenvalue weighted by atomic mass is 16.7. The molecule has 1 fully saturated rings. The van der Waals surface area contributed by atoms with Gasteiger partial charge in [0, 0.05) is 45.8 Å². The number of ether oxygens (including phenoxy) is 2. The number of hydrogen-bond donors (Lipinski definition) is 1. The Kier molecular flexibility index (Phi) is 5.01. The quantitative estimate of drug-likeness (QED) is 0.861. The first-order valence-electron chi connectivity index (χ1n) is 9.23. The van der Waals surface area contributed by atoms with Gasteiger partial charge < -0.3 is 24.6 Å². The van der Waals surface area contributed by atoms with Crippen molar-refractivity contribution < 1.29 is 19.1 Å². The van der Waals surface area contributed by atoms with Gasteiger partial charge in [-0.15, -0.1) is 0 Å². The van der Waals surface area contributed by atoms with Gasteiger partial charge in [0.2, 0.25) is 12.7 Å². The second-order valence-corrected chi connectivity index (χ2v) is 6.77. The van der Waals surface area contributed by atoms with Crippen molar-refractivity contribution >= 4 is 17.6 Å². The molecule has 2 amide bonds. The molecule has 0 saturated carbocycles. The molecule has 8 heteroatoms. The van der Waals surface area contributed by atoms with Crippen molar-refractivity contribution in [1.82, 2.24) is 15.2 Å². The second-order valence-electron chi connectivity index (χ2n) is 6.77. The summed E-state index contributed by atoms with van der Waals surface area (Å²) in [4.78, 5) is 32.2. The number of fused-ring (bicyclic) bond motifs is 1. The third kappa shape index (κ3) is 3.85. The van der Waals surface area contributed by atoms with Crippen LogP contribution in [-0.2, 0) is 11.3 Å². The maximum Gasteiger partial charge on any atom is 0.253 e. The number of hydrogen-bond acceptors (Lipinski definition) is 6. The van der Waals surface area contributed by atoms with Crippen LogP contribution in [0.1, 0.15) is 22.8 Å². The average molecular weight is 382 g/mol. The predicted octanol–water partition coefficient (Wildman–Crippen LogP) is 1.41. The van der Waals surface area contributed by atoms with Crippen LogP contribution in [0.4, 0.5) is 5.82 Å². The first-order valence-corrected chi connectivity index (χ1v) is 9.23. The molecular weight excluding hydrogens is 360 g/mol. The van der Waals surface area contributed by atoms with Crippen molar-refractivity contribution in [3.05, 3.63) is 47.7 Å². The van der Waals surface area contributed by atoms with E-state index in [2.05, 4.69) is 15.2 Å². The van der Waals surface area contributed by atoms with Crippen LogP contribution in [0.2, 0.25) is 0 Å². The second kappa shape index (κ2) is 7.75. The molecule has 28 heavy (non-hydrogen) atoms. The number of nitrogens with one attached hydrogen (secondary N) is 1. The summed E-state index contributed by atoms with van der Waals surface area (Å²) in [6.45, 7) is 5.07. The van der Waals surface area contributed by atoms with E-state index in [0.717, 1.165) is 30.2 Å². The Labute approximate surface area is 163 Å². The molecule has 0 atom stereocenters. The van der Waals surface area contributed by atoms with Gasteiger partial charge in [-0.2, -0.15) is 0 Å². The van der Waals surface area contributed by atoms with Crippen molar-refractivity contribution in [1.29, 1.82) is 0 Å². The summed E-state index contributed by atoms with van der Waals surface area (Å²) in [7, 11) is 0. The number of aromatic nitrogens is 1. The van der Waals surface area contributed by atoms with Gasteiger partial charge in [-0.05, 0) is 29.8 Å². The van der Waals surface area contributed by atoms with E-state index in [1.54, 1.807) is 19.2 Å². The first kappa shape index (κ1) is 18.1. The van der Waals surface area contributed by atoms with Crippen LogP contribution in [-0.4, -0.2) is 54.7 Å². The maximum atomic E-state index is 12.4. The number of carbonyl (C=O) groups excluding carboxylic acids is 2. The fourth-order valence-electron chi connectivity index (χ4n) is 3.29. The van der Waals surface area contributed by atoms with Gasteiger partial charge in [-0.25, -0.2) is 4.98 Å². The van der Waals surface area contributed by atoms with E-state index in [1.165, 1.54) is 0 Å². The molecule has 8 nitrogen and oxygen atoms in total. The Morgan fingerprint density at radius 2 is 1.86 bits per heavy atom. The standard InChI is InChI=1S/C20H22N4O4/c1-14(25)23-6-8-24(9-7-23)19-5-3-16(12-21-19)20(26)22-11-15-2-4-17-18(10-15)28-13-27-17/h2-5,10,12H,6-9,11,13H2,1H3,(H,22,26). The molecule has 146 valence electrons. The van der Waals surface area contributed by atoms with Gasteiger partial charge in [0.05, 0.1) is 5.56 Å². The summed E-state index contributed by atoms with van der Waals surface area (Å²) in [6.07, 6.45) is 1.58. The Morgan fingerprint density at radius 1 is 1.07 bits per heavy atom. The average Bonchev–Trinajstić information content (AvgIpc) is 3.20. The monoisotopic (exact) mass is 382 g/mol. The number of piperazine rings is 1. The van der Waals surface area contributed by atoms with Crippen molar-refractivity contribution in [2.75, 3.05) is 37.9 Å². The van der Waals surface area contributed by atoms with Crippen molar-refractivity contribution in [3.63, 3.8) is 0 Å². The first-order chi connectivity index (χ1) is 13.6. The zero-order valence-electron chi connectivity index (χ0n) is 15.7. The van der Waals surface area contributed by atoms with Crippen LogP contribution >= 0.6 is 0 Å². The van der Waals surface area contributed by atoms with Crippen LogP contribution in [0, 0.1) is 0 Å². The molecule has 3 heterocycles. The van der Waals surface area contributed by atoms with Gasteiger partial charge in [0.25, 0.3) is 5.91 Å². The summed E-state index contributed by atoms with van der Waals surface area (Å²) < 4.78 is 10.6. The lowest BCUT2D eigenvalue weighted by Crippen LogP contribution is -2.48. The van der Waals surface area contributed by atoms with E-state index in [-0.39, 0.29) is 18.6 Å².